The average Bonchev–Trinajstić information content (AvgIpc) is 2.82. The zero-order valence-corrected chi connectivity index (χ0v) is 19.9. The number of rotatable bonds is 13. The monoisotopic (exact) mass is 450 g/mol. The van der Waals surface area contributed by atoms with Crippen molar-refractivity contribution < 1.29 is 14.3 Å². The molecule has 0 aromatic heterocycles. The van der Waals surface area contributed by atoms with Crippen molar-refractivity contribution in [1.82, 2.24) is 0 Å². The standard InChI is InChI=1S/C28H38N2O3/c1-20(2)28(31)33-18-8-4-3-7-17-32-21-11-12-24-25(13-15-29)22-9-5-6-10-23(22)26(14-16-30)27(24)19-21/h5-6,9-12,21H,1,3-4,7-8,13-19,29-30H2,2H3. The van der Waals surface area contributed by atoms with Crippen molar-refractivity contribution in [3.63, 3.8) is 0 Å². The average molecular weight is 451 g/mol. The molecule has 1 atom stereocenters. The lowest BCUT2D eigenvalue weighted by Gasteiger charge is -2.27. The topological polar surface area (TPSA) is 87.6 Å². The van der Waals surface area contributed by atoms with E-state index in [1.165, 1.54) is 33.0 Å². The summed E-state index contributed by atoms with van der Waals surface area (Å²) in [5.74, 6) is -0.306. The Morgan fingerprint density at radius 3 is 2.30 bits per heavy atom. The summed E-state index contributed by atoms with van der Waals surface area (Å²) in [6.45, 7) is 7.70. The molecule has 2 aromatic carbocycles. The predicted octanol–water partition coefficient (Wildman–Crippen LogP) is 4.48. The van der Waals surface area contributed by atoms with Gasteiger partial charge in [-0.2, -0.15) is 0 Å². The van der Waals surface area contributed by atoms with Gasteiger partial charge in [0.15, 0.2) is 0 Å². The van der Waals surface area contributed by atoms with Gasteiger partial charge in [-0.25, -0.2) is 4.79 Å². The van der Waals surface area contributed by atoms with E-state index in [0.717, 1.165) is 51.6 Å². The molecule has 2 aromatic rings. The van der Waals surface area contributed by atoms with Crippen LogP contribution >= 0.6 is 0 Å². The highest BCUT2D eigenvalue weighted by Gasteiger charge is 2.22. The Labute approximate surface area is 197 Å². The van der Waals surface area contributed by atoms with Gasteiger partial charge in [-0.3, -0.25) is 0 Å². The highest BCUT2D eigenvalue weighted by Crippen LogP contribution is 2.35. The first-order valence-corrected chi connectivity index (χ1v) is 12.1. The normalized spacial score (nSPS) is 14.9. The Balaban J connectivity index is 1.58. The first kappa shape index (κ1) is 25.2. The van der Waals surface area contributed by atoms with Crippen molar-refractivity contribution in [3.8, 4) is 0 Å². The second-order valence-corrected chi connectivity index (χ2v) is 8.78. The summed E-state index contributed by atoms with van der Waals surface area (Å²) in [6, 6.07) is 8.62. The smallest absolute Gasteiger partial charge is 0.333 e. The maximum Gasteiger partial charge on any atom is 0.333 e. The van der Waals surface area contributed by atoms with Gasteiger partial charge in [-0.15, -0.1) is 0 Å². The van der Waals surface area contributed by atoms with Crippen molar-refractivity contribution in [3.05, 3.63) is 64.7 Å². The molecule has 0 saturated carbocycles. The lowest BCUT2D eigenvalue weighted by atomic mass is 9.82. The Hall–Kier alpha value is -2.47. The van der Waals surface area contributed by atoms with Crippen molar-refractivity contribution in [1.29, 1.82) is 0 Å². The van der Waals surface area contributed by atoms with Gasteiger partial charge in [0.05, 0.1) is 12.7 Å². The fourth-order valence-corrected chi connectivity index (χ4v) is 4.61. The minimum Gasteiger partial charge on any atom is -0.462 e. The highest BCUT2D eigenvalue weighted by molar-refractivity contribution is 5.94. The molecule has 0 spiro atoms. The highest BCUT2D eigenvalue weighted by atomic mass is 16.5. The van der Waals surface area contributed by atoms with Gasteiger partial charge in [0, 0.05) is 18.6 Å². The molecule has 0 heterocycles. The Morgan fingerprint density at radius 2 is 1.64 bits per heavy atom. The van der Waals surface area contributed by atoms with E-state index in [0.29, 0.717) is 25.3 Å². The van der Waals surface area contributed by atoms with E-state index >= 15 is 0 Å². The molecule has 178 valence electrons. The van der Waals surface area contributed by atoms with Crippen LogP contribution in [0.15, 0.2) is 42.5 Å². The van der Waals surface area contributed by atoms with E-state index in [-0.39, 0.29) is 12.1 Å². The van der Waals surface area contributed by atoms with E-state index in [1.807, 2.05) is 0 Å². The van der Waals surface area contributed by atoms with Crippen molar-refractivity contribution in [2.45, 2.75) is 58.0 Å². The second kappa shape index (κ2) is 12.7. The van der Waals surface area contributed by atoms with Crippen LogP contribution in [0.3, 0.4) is 0 Å². The van der Waals surface area contributed by atoms with Crippen LogP contribution < -0.4 is 11.5 Å². The third-order valence-electron chi connectivity index (χ3n) is 6.22. The summed E-state index contributed by atoms with van der Waals surface area (Å²) in [5, 5.41) is 2.59. The summed E-state index contributed by atoms with van der Waals surface area (Å²) < 4.78 is 11.4. The quantitative estimate of drug-likeness (QED) is 0.267. The molecule has 1 aliphatic rings. The van der Waals surface area contributed by atoms with Gasteiger partial charge in [-0.1, -0.05) is 49.4 Å². The molecule has 0 bridgehead atoms. The molecule has 0 aliphatic heterocycles. The SMILES string of the molecule is C=C(C)C(=O)OCCCCCCOC1C=Cc2c(c(CCN)c3ccccc3c2CCN)C1. The number of unbranched alkanes of at least 4 members (excludes halogenated alkanes) is 3. The van der Waals surface area contributed by atoms with Crippen LogP contribution in [0.2, 0.25) is 0 Å². The number of hydrogen-bond acceptors (Lipinski definition) is 5. The largest absolute Gasteiger partial charge is 0.462 e. The van der Waals surface area contributed by atoms with Crippen molar-refractivity contribution in [2.24, 2.45) is 11.5 Å². The molecule has 3 rings (SSSR count). The minimum atomic E-state index is -0.306. The molecule has 5 heteroatoms. The van der Waals surface area contributed by atoms with E-state index in [9.17, 15) is 4.79 Å². The molecular formula is C28H38N2O3. The molecule has 33 heavy (non-hydrogen) atoms. The second-order valence-electron chi connectivity index (χ2n) is 8.78. The fourth-order valence-electron chi connectivity index (χ4n) is 4.61. The molecule has 5 nitrogen and oxygen atoms in total. The summed E-state index contributed by atoms with van der Waals surface area (Å²) >= 11 is 0. The van der Waals surface area contributed by atoms with Crippen LogP contribution in [0.4, 0.5) is 0 Å². The number of esters is 1. The van der Waals surface area contributed by atoms with Gasteiger partial charge >= 0.3 is 5.97 Å². The van der Waals surface area contributed by atoms with Crippen LogP contribution in [-0.4, -0.2) is 38.4 Å². The predicted molar refractivity (Wildman–Crippen MR) is 136 cm³/mol. The summed E-state index contributed by atoms with van der Waals surface area (Å²) in [7, 11) is 0. The lowest BCUT2D eigenvalue weighted by molar-refractivity contribution is -0.139. The van der Waals surface area contributed by atoms with E-state index in [2.05, 4.69) is 43.0 Å². The number of carbonyl (C=O) groups excluding carboxylic acids is 1. The number of benzene rings is 2. The molecule has 1 aliphatic carbocycles. The van der Waals surface area contributed by atoms with Crippen molar-refractivity contribution >= 4 is 22.8 Å². The van der Waals surface area contributed by atoms with Gasteiger partial charge in [-0.05, 0) is 85.1 Å². The number of hydrogen-bond donors (Lipinski definition) is 2. The fraction of sp³-hybridized carbons (Fsp3) is 0.464. The van der Waals surface area contributed by atoms with Gasteiger partial charge < -0.3 is 20.9 Å². The maximum absolute atomic E-state index is 11.4. The van der Waals surface area contributed by atoms with Crippen LogP contribution in [0, 0.1) is 0 Å². The Kier molecular flexibility index (Phi) is 9.67. The van der Waals surface area contributed by atoms with E-state index < -0.39 is 0 Å². The van der Waals surface area contributed by atoms with Gasteiger partial charge in [0.25, 0.3) is 0 Å². The van der Waals surface area contributed by atoms with Gasteiger partial charge in [0.1, 0.15) is 0 Å². The van der Waals surface area contributed by atoms with Crippen LogP contribution in [-0.2, 0) is 33.5 Å². The summed E-state index contributed by atoms with van der Waals surface area (Å²) in [6.07, 6.45) is 11.1. The number of ether oxygens (including phenoxy) is 2. The first-order chi connectivity index (χ1) is 16.1. The molecular weight excluding hydrogens is 412 g/mol. The number of fused-ring (bicyclic) bond motifs is 2. The first-order valence-electron chi connectivity index (χ1n) is 12.1. The molecule has 0 saturated heterocycles. The minimum absolute atomic E-state index is 0.0810. The van der Waals surface area contributed by atoms with E-state index in [1.54, 1.807) is 6.92 Å². The third-order valence-corrected chi connectivity index (χ3v) is 6.22. The van der Waals surface area contributed by atoms with Crippen LogP contribution in [0.1, 0.15) is 54.9 Å². The maximum atomic E-state index is 11.4. The third kappa shape index (κ3) is 6.53. The summed E-state index contributed by atoms with van der Waals surface area (Å²) in [5.41, 5.74) is 17.8. The van der Waals surface area contributed by atoms with Crippen LogP contribution in [0.5, 0.6) is 0 Å². The lowest BCUT2D eigenvalue weighted by Crippen LogP contribution is -2.21. The molecule has 4 N–H and O–H groups in total. The van der Waals surface area contributed by atoms with Crippen LogP contribution in [0.25, 0.3) is 16.8 Å². The van der Waals surface area contributed by atoms with Crippen molar-refractivity contribution in [2.75, 3.05) is 26.3 Å². The molecule has 0 fully saturated rings. The molecule has 1 unspecified atom stereocenters. The number of nitrogens with two attached hydrogens (primary N) is 2. The molecule has 0 radical (unpaired) electrons. The Bertz CT molecular complexity index is 996. The summed E-state index contributed by atoms with van der Waals surface area (Å²) in [4.78, 5) is 11.4. The zero-order valence-electron chi connectivity index (χ0n) is 19.9. The Morgan fingerprint density at radius 1 is 1.00 bits per heavy atom. The van der Waals surface area contributed by atoms with E-state index in [4.69, 9.17) is 20.9 Å². The zero-order chi connectivity index (χ0) is 23.6. The number of carbonyl (C=O) groups is 1. The van der Waals surface area contributed by atoms with Gasteiger partial charge in [0.2, 0.25) is 0 Å². The molecule has 0 amide bonds.